The molecular weight excluding hydrogens is 234 g/mol. The second kappa shape index (κ2) is 6.37. The second-order valence-corrected chi connectivity index (χ2v) is 4.19. The zero-order chi connectivity index (χ0) is 12.8. The number of nitrogens with one attached hydrogen (secondary N) is 1. The molecule has 18 heavy (non-hydrogen) atoms. The van der Waals surface area contributed by atoms with Crippen molar-refractivity contribution in [3.63, 3.8) is 0 Å². The summed E-state index contributed by atoms with van der Waals surface area (Å²) in [5, 5.41) is 12.1. The summed E-state index contributed by atoms with van der Waals surface area (Å²) in [7, 11) is 0. The molecule has 0 saturated carbocycles. The van der Waals surface area contributed by atoms with E-state index in [9.17, 15) is 4.79 Å². The van der Waals surface area contributed by atoms with Crippen molar-refractivity contribution in [3.8, 4) is 5.75 Å². The Morgan fingerprint density at radius 3 is 2.83 bits per heavy atom. The first-order chi connectivity index (χ1) is 8.75. The molecule has 0 bridgehead atoms. The van der Waals surface area contributed by atoms with E-state index < -0.39 is 5.97 Å². The number of carboxylic acids is 1. The van der Waals surface area contributed by atoms with Gasteiger partial charge in [-0.3, -0.25) is 0 Å². The van der Waals surface area contributed by atoms with Gasteiger partial charge in [0.2, 0.25) is 0 Å². The van der Waals surface area contributed by atoms with Crippen LogP contribution in [-0.4, -0.2) is 43.5 Å². The van der Waals surface area contributed by atoms with Crippen LogP contribution in [0.25, 0.3) is 0 Å². The van der Waals surface area contributed by atoms with Gasteiger partial charge >= 0.3 is 5.97 Å². The van der Waals surface area contributed by atoms with Gasteiger partial charge in [-0.2, -0.15) is 0 Å². The Kier molecular flexibility index (Phi) is 4.55. The Morgan fingerprint density at radius 2 is 2.22 bits per heavy atom. The first kappa shape index (κ1) is 12.9. The van der Waals surface area contributed by atoms with Crippen molar-refractivity contribution in [2.24, 2.45) is 0 Å². The lowest BCUT2D eigenvalue weighted by molar-refractivity contribution is 0.0697. The van der Waals surface area contributed by atoms with Gasteiger partial charge in [-0.05, 0) is 30.7 Å². The van der Waals surface area contributed by atoms with Crippen molar-refractivity contribution >= 4 is 5.97 Å². The molecule has 1 atom stereocenters. The van der Waals surface area contributed by atoms with E-state index in [4.69, 9.17) is 14.6 Å². The number of aromatic carboxylic acids is 1. The van der Waals surface area contributed by atoms with Crippen molar-refractivity contribution in [3.05, 3.63) is 29.8 Å². The molecule has 1 aliphatic rings. The number of hydrogen-bond acceptors (Lipinski definition) is 4. The maximum Gasteiger partial charge on any atom is 0.335 e. The summed E-state index contributed by atoms with van der Waals surface area (Å²) in [5.41, 5.74) is 0.267. The fourth-order valence-electron chi connectivity index (χ4n) is 1.82. The average molecular weight is 251 g/mol. The maximum absolute atomic E-state index is 10.7. The molecule has 0 amide bonds. The largest absolute Gasteiger partial charge is 0.492 e. The Labute approximate surface area is 106 Å². The molecule has 1 saturated heterocycles. The highest BCUT2D eigenvalue weighted by Gasteiger charge is 2.13. The molecule has 5 nitrogen and oxygen atoms in total. The number of benzene rings is 1. The van der Waals surface area contributed by atoms with E-state index in [2.05, 4.69) is 5.32 Å². The van der Waals surface area contributed by atoms with Gasteiger partial charge in [0, 0.05) is 19.2 Å². The van der Waals surface area contributed by atoms with Crippen LogP contribution in [-0.2, 0) is 4.74 Å². The third kappa shape index (κ3) is 3.72. The minimum absolute atomic E-state index is 0.267. The quantitative estimate of drug-likeness (QED) is 0.742. The number of ether oxygens (including phenoxy) is 2. The number of rotatable bonds is 6. The van der Waals surface area contributed by atoms with Gasteiger partial charge in [0.1, 0.15) is 12.4 Å². The summed E-state index contributed by atoms with van der Waals surface area (Å²) < 4.78 is 10.8. The van der Waals surface area contributed by atoms with Crippen LogP contribution in [0, 0.1) is 0 Å². The van der Waals surface area contributed by atoms with Crippen molar-refractivity contribution in [1.82, 2.24) is 5.32 Å². The summed E-state index contributed by atoms with van der Waals surface area (Å²) in [5.74, 6) is -0.242. The summed E-state index contributed by atoms with van der Waals surface area (Å²) >= 11 is 0. The van der Waals surface area contributed by atoms with E-state index in [0.29, 0.717) is 18.4 Å². The van der Waals surface area contributed by atoms with Gasteiger partial charge in [-0.25, -0.2) is 4.79 Å². The zero-order valence-corrected chi connectivity index (χ0v) is 10.1. The predicted molar refractivity (Wildman–Crippen MR) is 66.1 cm³/mol. The standard InChI is InChI=1S/C13H17NO4/c15-13(16)10-1-3-12(4-2-10)18-8-6-14-11-5-7-17-9-11/h1-4,11,14H,5-9H2,(H,15,16). The third-order valence-corrected chi connectivity index (χ3v) is 2.83. The van der Waals surface area contributed by atoms with Gasteiger partial charge in [-0.1, -0.05) is 0 Å². The molecule has 1 unspecified atom stereocenters. The van der Waals surface area contributed by atoms with E-state index >= 15 is 0 Å². The van der Waals surface area contributed by atoms with Crippen LogP contribution < -0.4 is 10.1 Å². The number of carboxylic acid groups (broad SMARTS) is 1. The van der Waals surface area contributed by atoms with Crippen LogP contribution in [0.3, 0.4) is 0 Å². The highest BCUT2D eigenvalue weighted by Crippen LogP contribution is 2.12. The normalized spacial score (nSPS) is 18.8. The molecule has 2 N–H and O–H groups in total. The lowest BCUT2D eigenvalue weighted by Crippen LogP contribution is -2.32. The molecule has 1 aliphatic heterocycles. The van der Waals surface area contributed by atoms with E-state index in [0.717, 1.165) is 26.2 Å². The lowest BCUT2D eigenvalue weighted by atomic mass is 10.2. The van der Waals surface area contributed by atoms with Crippen LogP contribution >= 0.6 is 0 Å². The van der Waals surface area contributed by atoms with Gasteiger partial charge in [0.25, 0.3) is 0 Å². The van der Waals surface area contributed by atoms with E-state index in [-0.39, 0.29) is 5.56 Å². The maximum atomic E-state index is 10.7. The van der Waals surface area contributed by atoms with Crippen molar-refractivity contribution < 1.29 is 19.4 Å². The molecule has 0 aliphatic carbocycles. The fraction of sp³-hybridized carbons (Fsp3) is 0.462. The molecule has 0 radical (unpaired) electrons. The Hall–Kier alpha value is -1.59. The first-order valence-electron chi connectivity index (χ1n) is 6.03. The molecule has 98 valence electrons. The molecule has 1 fully saturated rings. The molecule has 1 aromatic rings. The molecule has 0 spiro atoms. The molecule has 0 aromatic heterocycles. The van der Waals surface area contributed by atoms with E-state index in [1.807, 2.05) is 0 Å². The minimum Gasteiger partial charge on any atom is -0.492 e. The number of carbonyl (C=O) groups is 1. The van der Waals surface area contributed by atoms with Gasteiger partial charge < -0.3 is 19.9 Å². The van der Waals surface area contributed by atoms with Gasteiger partial charge in [0.15, 0.2) is 0 Å². The minimum atomic E-state index is -0.926. The van der Waals surface area contributed by atoms with E-state index in [1.165, 1.54) is 12.1 Å². The van der Waals surface area contributed by atoms with Crippen LogP contribution in [0.1, 0.15) is 16.8 Å². The summed E-state index contributed by atoms with van der Waals surface area (Å²) in [4.78, 5) is 10.7. The molecule has 1 heterocycles. The molecule has 2 rings (SSSR count). The van der Waals surface area contributed by atoms with Crippen molar-refractivity contribution in [2.75, 3.05) is 26.4 Å². The van der Waals surface area contributed by atoms with Crippen LogP contribution in [0.2, 0.25) is 0 Å². The SMILES string of the molecule is O=C(O)c1ccc(OCCNC2CCOC2)cc1. The summed E-state index contributed by atoms with van der Waals surface area (Å²) in [6, 6.07) is 6.85. The smallest absolute Gasteiger partial charge is 0.335 e. The second-order valence-electron chi connectivity index (χ2n) is 4.19. The Bertz CT molecular complexity index is 384. The van der Waals surface area contributed by atoms with Crippen LogP contribution in [0.15, 0.2) is 24.3 Å². The van der Waals surface area contributed by atoms with Crippen molar-refractivity contribution in [2.45, 2.75) is 12.5 Å². The van der Waals surface area contributed by atoms with Gasteiger partial charge in [0.05, 0.1) is 12.2 Å². The highest BCUT2D eigenvalue weighted by molar-refractivity contribution is 5.87. The third-order valence-electron chi connectivity index (χ3n) is 2.83. The topological polar surface area (TPSA) is 67.8 Å². The predicted octanol–water partition coefficient (Wildman–Crippen LogP) is 1.14. The van der Waals surface area contributed by atoms with Crippen LogP contribution in [0.4, 0.5) is 0 Å². The zero-order valence-electron chi connectivity index (χ0n) is 10.1. The van der Waals surface area contributed by atoms with E-state index in [1.54, 1.807) is 12.1 Å². The monoisotopic (exact) mass is 251 g/mol. The summed E-state index contributed by atoms with van der Waals surface area (Å²) in [6.07, 6.45) is 1.05. The van der Waals surface area contributed by atoms with Gasteiger partial charge in [-0.15, -0.1) is 0 Å². The molecule has 5 heteroatoms. The Balaban J connectivity index is 1.68. The average Bonchev–Trinajstić information content (AvgIpc) is 2.88. The van der Waals surface area contributed by atoms with Crippen molar-refractivity contribution in [1.29, 1.82) is 0 Å². The summed E-state index contributed by atoms with van der Waals surface area (Å²) in [6.45, 7) is 2.92. The number of hydrogen-bond donors (Lipinski definition) is 2. The molecule has 1 aromatic carbocycles. The lowest BCUT2D eigenvalue weighted by Gasteiger charge is -2.11. The highest BCUT2D eigenvalue weighted by atomic mass is 16.5. The molecular formula is C13H17NO4. The fourth-order valence-corrected chi connectivity index (χ4v) is 1.82. The van der Waals surface area contributed by atoms with Crippen LogP contribution in [0.5, 0.6) is 5.75 Å². The first-order valence-corrected chi connectivity index (χ1v) is 6.03. The Morgan fingerprint density at radius 1 is 1.44 bits per heavy atom.